The number of hydrogen-bond acceptors (Lipinski definition) is 4. The molecule has 2 aromatic carbocycles. The van der Waals surface area contributed by atoms with Crippen LogP contribution in [-0.4, -0.2) is 28.7 Å². The molecule has 0 N–H and O–H groups in total. The van der Waals surface area contributed by atoms with E-state index in [9.17, 15) is 0 Å². The van der Waals surface area contributed by atoms with E-state index in [1.807, 2.05) is 18.2 Å². The van der Waals surface area contributed by atoms with Crippen LogP contribution in [0.5, 0.6) is 0 Å². The quantitative estimate of drug-likeness (QED) is 0.446. The zero-order valence-corrected chi connectivity index (χ0v) is 16.5. The lowest BCUT2D eigenvalue weighted by Gasteiger charge is -2.33. The van der Waals surface area contributed by atoms with Crippen LogP contribution in [0.4, 0.5) is 0 Å². The van der Waals surface area contributed by atoms with Gasteiger partial charge in [0, 0.05) is 35.5 Å². The second-order valence-corrected chi connectivity index (χ2v) is 8.83. The normalized spacial score (nSPS) is 17.2. The smallest absolute Gasteiger partial charge is 0.0940 e. The first-order valence-electron chi connectivity index (χ1n) is 8.96. The highest BCUT2D eigenvalue weighted by atomic mass is 35.5. The molecule has 5 heteroatoms. The Kier molecular flexibility index (Phi) is 4.20. The van der Waals surface area contributed by atoms with Crippen molar-refractivity contribution in [1.82, 2.24) is 15.1 Å². The number of nitrogens with zero attached hydrogens (tertiary/aromatic N) is 3. The summed E-state index contributed by atoms with van der Waals surface area (Å²) in [6.07, 6.45) is 1.71. The SMILES string of the molecule is CN1Cc2cc(-c3cccnn3)ccc2C(c2ccc3cc(Cl)sc3c2)C1. The Morgan fingerprint density at radius 3 is 2.89 bits per heavy atom. The summed E-state index contributed by atoms with van der Waals surface area (Å²) >= 11 is 7.85. The van der Waals surface area contributed by atoms with E-state index < -0.39 is 0 Å². The van der Waals surface area contributed by atoms with Crippen LogP contribution in [-0.2, 0) is 6.54 Å². The van der Waals surface area contributed by atoms with E-state index in [2.05, 4.69) is 58.5 Å². The first-order valence-corrected chi connectivity index (χ1v) is 10.2. The zero-order valence-electron chi connectivity index (χ0n) is 14.9. The fraction of sp³-hybridized carbons (Fsp3) is 0.182. The highest BCUT2D eigenvalue weighted by Crippen LogP contribution is 2.38. The predicted molar refractivity (Wildman–Crippen MR) is 112 cm³/mol. The highest BCUT2D eigenvalue weighted by Gasteiger charge is 2.25. The third kappa shape index (κ3) is 3.14. The fourth-order valence-corrected chi connectivity index (χ4v) is 5.18. The molecular formula is C22H18ClN3S. The topological polar surface area (TPSA) is 29.0 Å². The van der Waals surface area contributed by atoms with Crippen LogP contribution in [0.2, 0.25) is 4.34 Å². The first-order chi connectivity index (χ1) is 13.2. The van der Waals surface area contributed by atoms with Crippen molar-refractivity contribution in [2.45, 2.75) is 12.5 Å². The third-order valence-electron chi connectivity index (χ3n) is 5.24. The third-order valence-corrected chi connectivity index (χ3v) is 6.46. The molecule has 0 bridgehead atoms. The molecule has 0 saturated heterocycles. The van der Waals surface area contributed by atoms with Crippen molar-refractivity contribution >= 4 is 33.0 Å². The van der Waals surface area contributed by atoms with Crippen LogP contribution in [0.15, 0.2) is 60.8 Å². The standard InChI is InChI=1S/C22H18ClN3S/c1-26-12-17-9-15(20-3-2-8-24-25-20)6-7-18(17)19(13-26)14-4-5-16-11-22(23)27-21(16)10-14/h2-11,19H,12-13H2,1H3. The van der Waals surface area contributed by atoms with Crippen molar-refractivity contribution in [3.05, 3.63) is 81.8 Å². The average molecular weight is 392 g/mol. The minimum absolute atomic E-state index is 0.361. The van der Waals surface area contributed by atoms with Gasteiger partial charge in [-0.1, -0.05) is 35.9 Å². The van der Waals surface area contributed by atoms with Gasteiger partial charge in [0.2, 0.25) is 0 Å². The molecule has 27 heavy (non-hydrogen) atoms. The second-order valence-electron chi connectivity index (χ2n) is 7.12. The molecule has 1 unspecified atom stereocenters. The minimum Gasteiger partial charge on any atom is -0.301 e. The van der Waals surface area contributed by atoms with Gasteiger partial charge in [-0.2, -0.15) is 10.2 Å². The van der Waals surface area contributed by atoms with Crippen LogP contribution in [0.25, 0.3) is 21.3 Å². The summed E-state index contributed by atoms with van der Waals surface area (Å²) in [5.41, 5.74) is 6.15. The summed E-state index contributed by atoms with van der Waals surface area (Å²) in [5.74, 6) is 0.361. The molecular weight excluding hydrogens is 374 g/mol. The van der Waals surface area contributed by atoms with E-state index in [-0.39, 0.29) is 0 Å². The molecule has 0 amide bonds. The molecule has 1 aliphatic heterocycles. The number of rotatable bonds is 2. The molecule has 1 atom stereocenters. The zero-order chi connectivity index (χ0) is 18.4. The van der Waals surface area contributed by atoms with Gasteiger partial charge in [-0.25, -0.2) is 0 Å². The lowest BCUT2D eigenvalue weighted by Crippen LogP contribution is -2.31. The number of aromatic nitrogens is 2. The van der Waals surface area contributed by atoms with E-state index in [0.29, 0.717) is 5.92 Å². The van der Waals surface area contributed by atoms with E-state index >= 15 is 0 Å². The van der Waals surface area contributed by atoms with Crippen LogP contribution in [0.1, 0.15) is 22.6 Å². The summed E-state index contributed by atoms with van der Waals surface area (Å²) < 4.78 is 2.10. The van der Waals surface area contributed by atoms with Crippen molar-refractivity contribution in [1.29, 1.82) is 0 Å². The molecule has 0 radical (unpaired) electrons. The largest absolute Gasteiger partial charge is 0.301 e. The predicted octanol–water partition coefficient (Wildman–Crippen LogP) is 5.59. The van der Waals surface area contributed by atoms with Crippen molar-refractivity contribution in [2.24, 2.45) is 0 Å². The van der Waals surface area contributed by atoms with E-state index in [0.717, 1.165) is 28.7 Å². The monoisotopic (exact) mass is 391 g/mol. The van der Waals surface area contributed by atoms with Gasteiger partial charge in [0.1, 0.15) is 0 Å². The van der Waals surface area contributed by atoms with E-state index in [4.69, 9.17) is 11.6 Å². The first kappa shape index (κ1) is 16.9. The average Bonchev–Trinajstić information content (AvgIpc) is 3.06. The number of fused-ring (bicyclic) bond motifs is 2. The summed E-state index contributed by atoms with van der Waals surface area (Å²) in [7, 11) is 2.19. The maximum atomic E-state index is 6.20. The summed E-state index contributed by atoms with van der Waals surface area (Å²) in [4.78, 5) is 2.39. The molecule has 4 aromatic rings. The molecule has 3 heterocycles. The van der Waals surface area contributed by atoms with E-state index in [1.165, 1.54) is 26.8 Å². The van der Waals surface area contributed by atoms with Gasteiger partial charge in [0.25, 0.3) is 0 Å². The number of halogens is 1. The van der Waals surface area contributed by atoms with Crippen LogP contribution >= 0.6 is 22.9 Å². The lowest BCUT2D eigenvalue weighted by atomic mass is 9.83. The van der Waals surface area contributed by atoms with Crippen molar-refractivity contribution in [2.75, 3.05) is 13.6 Å². The molecule has 0 spiro atoms. The maximum absolute atomic E-state index is 6.20. The molecule has 2 aromatic heterocycles. The van der Waals surface area contributed by atoms with Gasteiger partial charge in [0.05, 0.1) is 10.0 Å². The Morgan fingerprint density at radius 2 is 2.04 bits per heavy atom. The number of thiophene rings is 1. The molecule has 1 aliphatic rings. The Bertz CT molecular complexity index is 1120. The van der Waals surface area contributed by atoms with Gasteiger partial charge in [0.15, 0.2) is 0 Å². The Hall–Kier alpha value is -2.27. The summed E-state index contributed by atoms with van der Waals surface area (Å²) in [6.45, 7) is 1.97. The van der Waals surface area contributed by atoms with Crippen LogP contribution < -0.4 is 0 Å². The van der Waals surface area contributed by atoms with Gasteiger partial charge in [-0.3, -0.25) is 0 Å². The number of likely N-dealkylation sites (N-methyl/N-ethyl adjacent to an activating group) is 1. The van der Waals surface area contributed by atoms with Gasteiger partial charge in [-0.05, 0) is 59.5 Å². The van der Waals surface area contributed by atoms with E-state index in [1.54, 1.807) is 17.5 Å². The number of benzene rings is 2. The number of hydrogen-bond donors (Lipinski definition) is 0. The van der Waals surface area contributed by atoms with Crippen LogP contribution in [0.3, 0.4) is 0 Å². The Labute approximate surface area is 167 Å². The van der Waals surface area contributed by atoms with Gasteiger partial charge in [-0.15, -0.1) is 11.3 Å². The molecule has 134 valence electrons. The van der Waals surface area contributed by atoms with Crippen molar-refractivity contribution in [3.63, 3.8) is 0 Å². The lowest BCUT2D eigenvalue weighted by molar-refractivity contribution is 0.295. The molecule has 5 rings (SSSR count). The Morgan fingerprint density at radius 1 is 1.11 bits per heavy atom. The van der Waals surface area contributed by atoms with Gasteiger partial charge >= 0.3 is 0 Å². The fourth-order valence-electron chi connectivity index (χ4n) is 3.98. The molecule has 0 aliphatic carbocycles. The summed E-state index contributed by atoms with van der Waals surface area (Å²) in [6, 6.07) is 19.4. The molecule has 0 fully saturated rings. The molecule has 3 nitrogen and oxygen atoms in total. The highest BCUT2D eigenvalue weighted by molar-refractivity contribution is 7.22. The summed E-state index contributed by atoms with van der Waals surface area (Å²) in [5, 5.41) is 9.49. The Balaban J connectivity index is 1.59. The maximum Gasteiger partial charge on any atom is 0.0940 e. The second kappa shape index (κ2) is 6.71. The van der Waals surface area contributed by atoms with Crippen LogP contribution in [0, 0.1) is 0 Å². The van der Waals surface area contributed by atoms with Gasteiger partial charge < -0.3 is 4.90 Å². The molecule has 0 saturated carbocycles. The minimum atomic E-state index is 0.361. The van der Waals surface area contributed by atoms with Crippen molar-refractivity contribution < 1.29 is 0 Å². The van der Waals surface area contributed by atoms with Crippen molar-refractivity contribution in [3.8, 4) is 11.3 Å².